The summed E-state index contributed by atoms with van der Waals surface area (Å²) >= 11 is 0. The van der Waals surface area contributed by atoms with Crippen molar-refractivity contribution in [2.45, 2.75) is 33.2 Å². The summed E-state index contributed by atoms with van der Waals surface area (Å²) in [4.78, 5) is 11.9. The van der Waals surface area contributed by atoms with Crippen molar-refractivity contribution >= 4 is 11.6 Å². The first kappa shape index (κ1) is 16.8. The zero-order valence-electron chi connectivity index (χ0n) is 14.0. The maximum atomic E-state index is 12.8. The molecule has 3 aromatic rings. The van der Waals surface area contributed by atoms with Crippen LogP contribution < -0.4 is 5.32 Å². The molecule has 130 valence electrons. The van der Waals surface area contributed by atoms with Gasteiger partial charge in [0, 0.05) is 25.1 Å². The van der Waals surface area contributed by atoms with Crippen LogP contribution in [0.2, 0.25) is 0 Å². The minimum atomic E-state index is -0.349. The fraction of sp³-hybridized carbons (Fsp3) is 0.294. The third-order valence-corrected chi connectivity index (χ3v) is 3.58. The smallest absolute Gasteiger partial charge is 0.265 e. The molecule has 0 fully saturated rings. The molecule has 0 aliphatic heterocycles. The van der Waals surface area contributed by atoms with Gasteiger partial charge in [-0.15, -0.1) is 10.2 Å². The van der Waals surface area contributed by atoms with Gasteiger partial charge in [0.05, 0.1) is 5.69 Å². The van der Waals surface area contributed by atoms with Gasteiger partial charge in [-0.3, -0.25) is 9.48 Å². The first-order valence-corrected chi connectivity index (χ1v) is 7.97. The van der Waals surface area contributed by atoms with E-state index in [2.05, 4.69) is 20.6 Å². The van der Waals surface area contributed by atoms with E-state index < -0.39 is 0 Å². The summed E-state index contributed by atoms with van der Waals surface area (Å²) in [5.41, 5.74) is 2.17. The van der Waals surface area contributed by atoms with Gasteiger partial charge in [-0.25, -0.2) is 4.39 Å². The van der Waals surface area contributed by atoms with Crippen molar-refractivity contribution in [3.63, 3.8) is 0 Å². The molecule has 0 unspecified atom stereocenters. The lowest BCUT2D eigenvalue weighted by atomic mass is 10.2. The number of hydrogen-bond donors (Lipinski definition) is 1. The molecule has 0 radical (unpaired) electrons. The van der Waals surface area contributed by atoms with Gasteiger partial charge in [0.25, 0.3) is 5.89 Å². The predicted molar refractivity (Wildman–Crippen MR) is 89.3 cm³/mol. The van der Waals surface area contributed by atoms with Crippen molar-refractivity contribution in [2.75, 3.05) is 5.32 Å². The van der Waals surface area contributed by atoms with Gasteiger partial charge in [-0.2, -0.15) is 5.10 Å². The molecule has 3 rings (SSSR count). The molecule has 0 atom stereocenters. The Morgan fingerprint density at radius 1 is 1.28 bits per heavy atom. The van der Waals surface area contributed by atoms with Gasteiger partial charge in [0.2, 0.25) is 11.8 Å². The first-order chi connectivity index (χ1) is 12.0. The van der Waals surface area contributed by atoms with Crippen LogP contribution in [-0.4, -0.2) is 25.9 Å². The average molecular weight is 343 g/mol. The van der Waals surface area contributed by atoms with Gasteiger partial charge in [-0.1, -0.05) is 0 Å². The predicted octanol–water partition coefficient (Wildman–Crippen LogP) is 2.97. The number of carbonyl (C=O) groups excluding carboxylic acids is 1. The summed E-state index contributed by atoms with van der Waals surface area (Å²) in [6.07, 6.45) is 0.504. The van der Waals surface area contributed by atoms with Crippen LogP contribution in [-0.2, 0) is 17.8 Å². The first-order valence-electron chi connectivity index (χ1n) is 7.97. The lowest BCUT2D eigenvalue weighted by molar-refractivity contribution is -0.116. The van der Waals surface area contributed by atoms with Gasteiger partial charge in [0.15, 0.2) is 0 Å². The molecule has 0 spiro atoms. The number of halogens is 1. The molecule has 0 aliphatic rings. The van der Waals surface area contributed by atoms with E-state index in [0.29, 0.717) is 30.4 Å². The molecule has 25 heavy (non-hydrogen) atoms. The zero-order chi connectivity index (χ0) is 17.8. The van der Waals surface area contributed by atoms with Gasteiger partial charge in [-0.05, 0) is 44.2 Å². The van der Waals surface area contributed by atoms with Crippen LogP contribution in [0.25, 0.3) is 11.6 Å². The monoisotopic (exact) mass is 343 g/mol. The second-order valence-electron chi connectivity index (χ2n) is 5.54. The van der Waals surface area contributed by atoms with Crippen molar-refractivity contribution < 1.29 is 13.6 Å². The van der Waals surface area contributed by atoms with Crippen LogP contribution in [0.15, 0.2) is 34.7 Å². The number of hydrogen-bond acceptors (Lipinski definition) is 5. The van der Waals surface area contributed by atoms with Crippen molar-refractivity contribution in [3.8, 4) is 11.6 Å². The Balaban J connectivity index is 1.59. The molecule has 0 bridgehead atoms. The zero-order valence-corrected chi connectivity index (χ0v) is 14.0. The summed E-state index contributed by atoms with van der Waals surface area (Å²) in [5, 5.41) is 15.0. The summed E-state index contributed by atoms with van der Waals surface area (Å²) in [7, 11) is 0. The summed E-state index contributed by atoms with van der Waals surface area (Å²) in [6, 6.07) is 7.47. The van der Waals surface area contributed by atoms with Crippen LogP contribution in [0.4, 0.5) is 10.1 Å². The average Bonchev–Trinajstić information content (AvgIpc) is 3.21. The second kappa shape index (κ2) is 7.25. The SMILES string of the molecule is CCn1nc(C)cc1-c1nnc(CCC(=O)Nc2ccc(F)cc2)o1. The Labute approximate surface area is 143 Å². The van der Waals surface area contributed by atoms with Crippen LogP contribution in [0, 0.1) is 12.7 Å². The van der Waals surface area contributed by atoms with E-state index in [0.717, 1.165) is 11.4 Å². The standard InChI is InChI=1S/C17H18FN5O2/c1-3-23-14(10-11(2)22-23)17-21-20-16(25-17)9-8-15(24)19-13-6-4-12(18)5-7-13/h4-7,10H,3,8-9H2,1-2H3,(H,19,24). The molecule has 1 N–H and O–H groups in total. The largest absolute Gasteiger partial charge is 0.419 e. The fourth-order valence-corrected chi connectivity index (χ4v) is 2.39. The molecule has 1 aromatic carbocycles. The molecule has 0 aliphatic carbocycles. The summed E-state index contributed by atoms with van der Waals surface area (Å²) in [5.74, 6) is 0.209. The Morgan fingerprint density at radius 2 is 2.04 bits per heavy atom. The minimum Gasteiger partial charge on any atom is -0.419 e. The van der Waals surface area contributed by atoms with Crippen molar-refractivity contribution in [2.24, 2.45) is 0 Å². The van der Waals surface area contributed by atoms with Gasteiger partial charge in [0.1, 0.15) is 11.5 Å². The van der Waals surface area contributed by atoms with Crippen LogP contribution in [0.1, 0.15) is 24.9 Å². The van der Waals surface area contributed by atoms with Crippen molar-refractivity contribution in [3.05, 3.63) is 47.7 Å². The Morgan fingerprint density at radius 3 is 2.76 bits per heavy atom. The van der Waals surface area contributed by atoms with E-state index in [1.165, 1.54) is 24.3 Å². The highest BCUT2D eigenvalue weighted by molar-refractivity contribution is 5.90. The van der Waals surface area contributed by atoms with Crippen molar-refractivity contribution in [1.82, 2.24) is 20.0 Å². The Bertz CT molecular complexity index is 870. The van der Waals surface area contributed by atoms with E-state index in [9.17, 15) is 9.18 Å². The summed E-state index contributed by atoms with van der Waals surface area (Å²) < 4.78 is 20.3. The molecule has 0 saturated carbocycles. The number of benzene rings is 1. The highest BCUT2D eigenvalue weighted by atomic mass is 19.1. The fourth-order valence-electron chi connectivity index (χ4n) is 2.39. The number of amides is 1. The quantitative estimate of drug-likeness (QED) is 0.744. The molecule has 8 heteroatoms. The number of aryl methyl sites for hydroxylation is 3. The van der Waals surface area contributed by atoms with Crippen LogP contribution in [0.5, 0.6) is 0 Å². The van der Waals surface area contributed by atoms with E-state index in [-0.39, 0.29) is 18.1 Å². The van der Waals surface area contributed by atoms with E-state index in [1.54, 1.807) is 4.68 Å². The Kier molecular flexibility index (Phi) is 4.87. The number of nitrogens with one attached hydrogen (secondary N) is 1. The lowest BCUT2D eigenvalue weighted by Gasteiger charge is -2.03. The number of carbonyl (C=O) groups is 1. The molecule has 2 aromatic heterocycles. The number of rotatable bonds is 6. The van der Waals surface area contributed by atoms with E-state index in [1.807, 2.05) is 19.9 Å². The second-order valence-corrected chi connectivity index (χ2v) is 5.54. The third kappa shape index (κ3) is 4.09. The highest BCUT2D eigenvalue weighted by Gasteiger charge is 2.15. The topological polar surface area (TPSA) is 85.8 Å². The maximum absolute atomic E-state index is 12.8. The van der Waals surface area contributed by atoms with Crippen LogP contribution in [0.3, 0.4) is 0 Å². The molecule has 7 nitrogen and oxygen atoms in total. The number of anilines is 1. The molecule has 1 amide bonds. The van der Waals surface area contributed by atoms with Gasteiger partial charge >= 0.3 is 0 Å². The molecule has 2 heterocycles. The maximum Gasteiger partial charge on any atom is 0.265 e. The van der Waals surface area contributed by atoms with E-state index >= 15 is 0 Å². The third-order valence-electron chi connectivity index (χ3n) is 3.58. The lowest BCUT2D eigenvalue weighted by Crippen LogP contribution is -2.12. The van der Waals surface area contributed by atoms with Crippen molar-refractivity contribution in [1.29, 1.82) is 0 Å². The highest BCUT2D eigenvalue weighted by Crippen LogP contribution is 2.19. The molecular formula is C17H18FN5O2. The molecular weight excluding hydrogens is 325 g/mol. The number of nitrogens with zero attached hydrogens (tertiary/aromatic N) is 4. The van der Waals surface area contributed by atoms with Crippen LogP contribution >= 0.6 is 0 Å². The Hall–Kier alpha value is -3.03. The normalized spacial score (nSPS) is 10.8. The van der Waals surface area contributed by atoms with E-state index in [4.69, 9.17) is 4.42 Å². The number of aromatic nitrogens is 4. The van der Waals surface area contributed by atoms with Gasteiger partial charge < -0.3 is 9.73 Å². The summed E-state index contributed by atoms with van der Waals surface area (Å²) in [6.45, 7) is 4.57. The molecule has 0 saturated heterocycles. The minimum absolute atomic E-state index is 0.186.